The van der Waals surface area contributed by atoms with Crippen molar-refractivity contribution >= 4 is 15.8 Å². The van der Waals surface area contributed by atoms with Crippen molar-refractivity contribution in [2.45, 2.75) is 13.5 Å². The van der Waals surface area contributed by atoms with Gasteiger partial charge in [0.25, 0.3) is 5.56 Å². The summed E-state index contributed by atoms with van der Waals surface area (Å²) < 4.78 is 23.7. The van der Waals surface area contributed by atoms with E-state index in [2.05, 4.69) is 0 Å². The number of carbonyl (C=O) groups is 1. The summed E-state index contributed by atoms with van der Waals surface area (Å²) in [5.74, 6) is -1.29. The van der Waals surface area contributed by atoms with Gasteiger partial charge in [-0.2, -0.15) is 0 Å². The first-order valence-electron chi connectivity index (χ1n) is 5.00. The Bertz CT molecular complexity index is 573. The summed E-state index contributed by atoms with van der Waals surface area (Å²) in [4.78, 5) is 22.0. The molecule has 0 atom stereocenters. The van der Waals surface area contributed by atoms with Gasteiger partial charge in [0.05, 0.1) is 11.3 Å². The van der Waals surface area contributed by atoms with Crippen molar-refractivity contribution in [1.29, 1.82) is 0 Å². The highest BCUT2D eigenvalue weighted by Crippen LogP contribution is 1.96. The lowest BCUT2D eigenvalue weighted by Gasteiger charge is -2.05. The lowest BCUT2D eigenvalue weighted by molar-refractivity contribution is 0.0696. The summed E-state index contributed by atoms with van der Waals surface area (Å²) in [6, 6.07) is 2.24. The minimum atomic E-state index is -3.14. The van der Waals surface area contributed by atoms with Crippen molar-refractivity contribution < 1.29 is 18.3 Å². The third kappa shape index (κ3) is 3.70. The maximum absolute atomic E-state index is 11.5. The summed E-state index contributed by atoms with van der Waals surface area (Å²) in [6.45, 7) is 1.57. The van der Waals surface area contributed by atoms with E-state index in [-0.39, 0.29) is 23.6 Å². The van der Waals surface area contributed by atoms with E-state index < -0.39 is 21.4 Å². The Morgan fingerprint density at radius 2 is 2.12 bits per heavy atom. The number of pyridine rings is 1. The molecule has 94 valence electrons. The smallest absolute Gasteiger partial charge is 0.335 e. The van der Waals surface area contributed by atoms with E-state index in [0.717, 1.165) is 6.07 Å². The number of aromatic nitrogens is 1. The Labute approximate surface area is 98.4 Å². The van der Waals surface area contributed by atoms with Crippen LogP contribution in [-0.2, 0) is 16.4 Å². The highest BCUT2D eigenvalue weighted by atomic mass is 32.2. The van der Waals surface area contributed by atoms with Crippen LogP contribution in [0.3, 0.4) is 0 Å². The molecule has 7 heteroatoms. The van der Waals surface area contributed by atoms with Gasteiger partial charge in [0.1, 0.15) is 0 Å². The number of aromatic carboxylic acids is 1. The van der Waals surface area contributed by atoms with Crippen LogP contribution in [0.2, 0.25) is 0 Å². The molecule has 0 aliphatic heterocycles. The van der Waals surface area contributed by atoms with Gasteiger partial charge in [-0.1, -0.05) is 6.92 Å². The fourth-order valence-corrected chi connectivity index (χ4v) is 1.97. The van der Waals surface area contributed by atoms with Crippen LogP contribution in [-0.4, -0.2) is 35.6 Å². The van der Waals surface area contributed by atoms with Gasteiger partial charge in [-0.25, -0.2) is 13.2 Å². The molecule has 0 aliphatic rings. The third-order valence-electron chi connectivity index (χ3n) is 2.33. The molecule has 0 aliphatic carbocycles. The van der Waals surface area contributed by atoms with Crippen LogP contribution in [0.15, 0.2) is 23.1 Å². The molecule has 1 heterocycles. The summed E-state index contributed by atoms with van der Waals surface area (Å²) in [5, 5.41) is 8.65. The molecule has 0 bridgehead atoms. The monoisotopic (exact) mass is 259 g/mol. The quantitative estimate of drug-likeness (QED) is 0.802. The Morgan fingerprint density at radius 1 is 1.47 bits per heavy atom. The number of rotatable bonds is 5. The molecule has 0 amide bonds. The van der Waals surface area contributed by atoms with Gasteiger partial charge in [-0.15, -0.1) is 0 Å². The summed E-state index contributed by atoms with van der Waals surface area (Å²) in [5.41, 5.74) is -0.624. The van der Waals surface area contributed by atoms with E-state index in [1.807, 2.05) is 0 Å². The van der Waals surface area contributed by atoms with E-state index in [4.69, 9.17) is 5.11 Å². The molecule has 0 aromatic carbocycles. The second-order valence-electron chi connectivity index (χ2n) is 3.49. The molecule has 6 nitrogen and oxygen atoms in total. The molecule has 0 unspecified atom stereocenters. The second-order valence-corrected chi connectivity index (χ2v) is 5.96. The first-order valence-corrected chi connectivity index (χ1v) is 6.82. The summed E-state index contributed by atoms with van der Waals surface area (Å²) >= 11 is 0. The van der Waals surface area contributed by atoms with E-state index in [0.29, 0.717) is 0 Å². The van der Waals surface area contributed by atoms with E-state index >= 15 is 0 Å². The second kappa shape index (κ2) is 5.13. The van der Waals surface area contributed by atoms with Crippen molar-refractivity contribution in [2.75, 3.05) is 11.5 Å². The minimum Gasteiger partial charge on any atom is -0.478 e. The van der Waals surface area contributed by atoms with Crippen molar-refractivity contribution in [2.24, 2.45) is 0 Å². The van der Waals surface area contributed by atoms with Crippen molar-refractivity contribution in [3.8, 4) is 0 Å². The molecule has 1 aromatic heterocycles. The Kier molecular flexibility index (Phi) is 4.06. The molecule has 0 radical (unpaired) electrons. The van der Waals surface area contributed by atoms with Crippen LogP contribution in [0.1, 0.15) is 17.3 Å². The van der Waals surface area contributed by atoms with Crippen molar-refractivity contribution in [3.05, 3.63) is 34.2 Å². The number of aryl methyl sites for hydroxylation is 1. The molecule has 0 saturated carbocycles. The number of hydrogen-bond donors (Lipinski definition) is 1. The highest BCUT2D eigenvalue weighted by Gasteiger charge is 2.09. The van der Waals surface area contributed by atoms with Gasteiger partial charge in [-0.3, -0.25) is 4.79 Å². The average Bonchev–Trinajstić information content (AvgIpc) is 2.27. The van der Waals surface area contributed by atoms with Crippen LogP contribution in [0.5, 0.6) is 0 Å². The molecular formula is C10H13NO5S. The molecule has 17 heavy (non-hydrogen) atoms. The largest absolute Gasteiger partial charge is 0.478 e. The topological polar surface area (TPSA) is 93.4 Å². The van der Waals surface area contributed by atoms with Crippen molar-refractivity contribution in [1.82, 2.24) is 4.57 Å². The van der Waals surface area contributed by atoms with E-state index in [1.165, 1.54) is 23.8 Å². The molecule has 0 saturated heterocycles. The molecule has 1 N–H and O–H groups in total. The van der Waals surface area contributed by atoms with Gasteiger partial charge >= 0.3 is 5.97 Å². The van der Waals surface area contributed by atoms with Gasteiger partial charge in [-0.05, 0) is 6.07 Å². The molecule has 0 spiro atoms. The summed E-state index contributed by atoms with van der Waals surface area (Å²) in [6.07, 6.45) is 1.29. The predicted octanol–water partition coefficient (Wildman–Crippen LogP) is -0.0188. The number of nitrogens with zero attached hydrogens (tertiary/aromatic N) is 1. The van der Waals surface area contributed by atoms with Gasteiger partial charge in [0.15, 0.2) is 9.84 Å². The maximum Gasteiger partial charge on any atom is 0.335 e. The zero-order chi connectivity index (χ0) is 13.1. The first kappa shape index (κ1) is 13.4. The molecular weight excluding hydrogens is 246 g/mol. The van der Waals surface area contributed by atoms with Gasteiger partial charge < -0.3 is 9.67 Å². The fourth-order valence-electron chi connectivity index (χ4n) is 1.21. The van der Waals surface area contributed by atoms with Crippen molar-refractivity contribution in [3.63, 3.8) is 0 Å². The van der Waals surface area contributed by atoms with Gasteiger partial charge in [0.2, 0.25) is 0 Å². The van der Waals surface area contributed by atoms with E-state index in [9.17, 15) is 18.0 Å². The standard InChI is InChI=1S/C10H13NO5S/c1-2-17(15,16)6-5-11-4-3-8(10(13)14)7-9(11)12/h3-4,7H,2,5-6H2,1H3,(H,13,14). The zero-order valence-corrected chi connectivity index (χ0v) is 10.1. The normalized spacial score (nSPS) is 11.4. The number of sulfone groups is 1. The SMILES string of the molecule is CCS(=O)(=O)CCn1ccc(C(=O)O)cc1=O. The highest BCUT2D eigenvalue weighted by molar-refractivity contribution is 7.91. The maximum atomic E-state index is 11.5. The number of carboxylic acid groups (broad SMARTS) is 1. The fraction of sp³-hybridized carbons (Fsp3) is 0.400. The van der Waals surface area contributed by atoms with Crippen LogP contribution >= 0.6 is 0 Å². The molecule has 1 rings (SSSR count). The summed E-state index contributed by atoms with van der Waals surface area (Å²) in [7, 11) is -3.14. The van der Waals surface area contributed by atoms with Crippen LogP contribution in [0.4, 0.5) is 0 Å². The predicted molar refractivity (Wildman–Crippen MR) is 62.0 cm³/mol. The Morgan fingerprint density at radius 3 is 2.59 bits per heavy atom. The zero-order valence-electron chi connectivity index (χ0n) is 9.29. The van der Waals surface area contributed by atoms with E-state index in [1.54, 1.807) is 0 Å². The Hall–Kier alpha value is -1.63. The lowest BCUT2D eigenvalue weighted by Crippen LogP contribution is -2.24. The molecule has 0 fully saturated rings. The number of carboxylic acids is 1. The average molecular weight is 259 g/mol. The third-order valence-corrected chi connectivity index (χ3v) is 4.01. The minimum absolute atomic E-state index is 0.0228. The first-order chi connectivity index (χ1) is 7.85. The molecule has 1 aromatic rings. The lowest BCUT2D eigenvalue weighted by atomic mass is 10.3. The Balaban J connectivity index is 2.88. The van der Waals surface area contributed by atoms with Crippen LogP contribution in [0, 0.1) is 0 Å². The van der Waals surface area contributed by atoms with Crippen LogP contribution in [0.25, 0.3) is 0 Å². The van der Waals surface area contributed by atoms with Crippen LogP contribution < -0.4 is 5.56 Å². The number of hydrogen-bond acceptors (Lipinski definition) is 4. The van der Waals surface area contributed by atoms with Gasteiger partial charge in [0, 0.05) is 24.6 Å².